The van der Waals surface area contributed by atoms with Gasteiger partial charge in [-0.05, 0) is 50.2 Å². The first-order chi connectivity index (χ1) is 8.24. The highest BCUT2D eigenvalue weighted by molar-refractivity contribution is 5.22. The highest BCUT2D eigenvalue weighted by atomic mass is 19.1. The number of aliphatic hydroxyl groups excluding tert-OH is 1. The Bertz CT molecular complexity index is 336. The molecule has 1 aliphatic heterocycles. The summed E-state index contributed by atoms with van der Waals surface area (Å²) in [5.41, 5.74) is 0. The molecule has 1 fully saturated rings. The summed E-state index contributed by atoms with van der Waals surface area (Å²) in [4.78, 5) is 2.23. The number of rotatable bonds is 5. The molecular weight excluding hydrogens is 221 g/mol. The molecule has 0 aliphatic carbocycles. The van der Waals surface area contributed by atoms with Crippen LogP contribution in [-0.2, 0) is 0 Å². The summed E-state index contributed by atoms with van der Waals surface area (Å²) in [5, 5.41) is 9.78. The Morgan fingerprint density at radius 2 is 1.88 bits per heavy atom. The number of hydrogen-bond donors (Lipinski definition) is 1. The van der Waals surface area contributed by atoms with Gasteiger partial charge in [0.15, 0.2) is 0 Å². The van der Waals surface area contributed by atoms with Crippen molar-refractivity contribution in [2.24, 2.45) is 0 Å². The van der Waals surface area contributed by atoms with Crippen LogP contribution in [0.3, 0.4) is 0 Å². The molecule has 1 aliphatic rings. The molecule has 1 N–H and O–H groups in total. The predicted octanol–water partition coefficient (Wildman–Crippen LogP) is 1.66. The first-order valence-electron chi connectivity index (χ1n) is 6.03. The second-order valence-corrected chi connectivity index (χ2v) is 4.43. The van der Waals surface area contributed by atoms with Gasteiger partial charge < -0.3 is 14.7 Å². The van der Waals surface area contributed by atoms with Gasteiger partial charge in [-0.1, -0.05) is 0 Å². The topological polar surface area (TPSA) is 32.7 Å². The van der Waals surface area contributed by atoms with Crippen LogP contribution in [0.2, 0.25) is 0 Å². The van der Waals surface area contributed by atoms with Gasteiger partial charge in [0.2, 0.25) is 0 Å². The van der Waals surface area contributed by atoms with Gasteiger partial charge in [-0.2, -0.15) is 0 Å². The van der Waals surface area contributed by atoms with Crippen molar-refractivity contribution < 1.29 is 14.2 Å². The smallest absolute Gasteiger partial charge is 0.123 e. The second-order valence-electron chi connectivity index (χ2n) is 4.43. The summed E-state index contributed by atoms with van der Waals surface area (Å²) in [6.45, 7) is 3.03. The van der Waals surface area contributed by atoms with E-state index in [-0.39, 0.29) is 12.4 Å². The van der Waals surface area contributed by atoms with E-state index in [1.807, 2.05) is 0 Å². The van der Waals surface area contributed by atoms with Crippen molar-refractivity contribution in [3.63, 3.8) is 0 Å². The zero-order chi connectivity index (χ0) is 12.1. The Kier molecular flexibility index (Phi) is 4.34. The second kappa shape index (κ2) is 5.98. The molecule has 0 saturated carbocycles. The largest absolute Gasteiger partial charge is 0.491 e. The Balaban J connectivity index is 1.71. The Morgan fingerprint density at radius 3 is 2.53 bits per heavy atom. The van der Waals surface area contributed by atoms with Gasteiger partial charge in [0.05, 0.1) is 0 Å². The van der Waals surface area contributed by atoms with Crippen LogP contribution in [0, 0.1) is 5.82 Å². The number of nitrogens with zero attached hydrogens (tertiary/aromatic N) is 1. The highest BCUT2D eigenvalue weighted by Gasteiger charge is 2.15. The Hall–Kier alpha value is -1.13. The fourth-order valence-electron chi connectivity index (χ4n) is 2.04. The summed E-state index contributed by atoms with van der Waals surface area (Å²) < 4.78 is 18.0. The third-order valence-electron chi connectivity index (χ3n) is 2.92. The van der Waals surface area contributed by atoms with E-state index >= 15 is 0 Å². The molecule has 3 nitrogen and oxygen atoms in total. The summed E-state index contributed by atoms with van der Waals surface area (Å²) in [6.07, 6.45) is 1.94. The standard InChI is InChI=1S/C13H18FNO2/c14-11-3-5-13(6-4-11)17-10-12(16)9-15-7-1-2-8-15/h3-6,12,16H,1-2,7-10H2. The highest BCUT2D eigenvalue weighted by Crippen LogP contribution is 2.12. The molecule has 0 aromatic heterocycles. The van der Waals surface area contributed by atoms with Gasteiger partial charge in [-0.25, -0.2) is 4.39 Å². The van der Waals surface area contributed by atoms with Crippen LogP contribution < -0.4 is 4.74 Å². The number of benzene rings is 1. The maximum Gasteiger partial charge on any atom is 0.123 e. The normalized spacial score (nSPS) is 18.2. The van der Waals surface area contributed by atoms with Crippen LogP contribution in [-0.4, -0.2) is 42.4 Å². The lowest BCUT2D eigenvalue weighted by Gasteiger charge is -2.19. The van der Waals surface area contributed by atoms with Crippen molar-refractivity contribution in [2.75, 3.05) is 26.2 Å². The van der Waals surface area contributed by atoms with E-state index in [2.05, 4.69) is 4.90 Å². The molecule has 0 radical (unpaired) electrons. The molecule has 0 bridgehead atoms. The summed E-state index contributed by atoms with van der Waals surface area (Å²) >= 11 is 0. The van der Waals surface area contributed by atoms with Crippen molar-refractivity contribution in [2.45, 2.75) is 18.9 Å². The van der Waals surface area contributed by atoms with Gasteiger partial charge in [0.1, 0.15) is 24.3 Å². The molecule has 1 heterocycles. The maximum atomic E-state index is 12.6. The average molecular weight is 239 g/mol. The molecule has 1 unspecified atom stereocenters. The molecule has 1 atom stereocenters. The van der Waals surface area contributed by atoms with Crippen molar-refractivity contribution in [1.29, 1.82) is 0 Å². The van der Waals surface area contributed by atoms with Crippen LogP contribution in [0.15, 0.2) is 24.3 Å². The molecule has 1 aromatic carbocycles. The number of ether oxygens (including phenoxy) is 1. The number of likely N-dealkylation sites (tertiary alicyclic amines) is 1. The van der Waals surface area contributed by atoms with Gasteiger partial charge in [-0.3, -0.25) is 0 Å². The minimum Gasteiger partial charge on any atom is -0.491 e. The number of halogens is 1. The van der Waals surface area contributed by atoms with E-state index in [0.29, 0.717) is 12.3 Å². The monoisotopic (exact) mass is 239 g/mol. The first-order valence-corrected chi connectivity index (χ1v) is 6.03. The van der Waals surface area contributed by atoms with Gasteiger partial charge >= 0.3 is 0 Å². The van der Waals surface area contributed by atoms with E-state index in [9.17, 15) is 9.50 Å². The summed E-state index contributed by atoms with van der Waals surface area (Å²) in [6, 6.07) is 5.83. The van der Waals surface area contributed by atoms with Crippen LogP contribution in [0.5, 0.6) is 5.75 Å². The Labute approximate surface area is 101 Å². The van der Waals surface area contributed by atoms with Crippen molar-refractivity contribution >= 4 is 0 Å². The van der Waals surface area contributed by atoms with Crippen molar-refractivity contribution in [3.8, 4) is 5.75 Å². The summed E-state index contributed by atoms with van der Waals surface area (Å²) in [5.74, 6) is 0.307. The van der Waals surface area contributed by atoms with Crippen LogP contribution in [0.1, 0.15) is 12.8 Å². The molecule has 4 heteroatoms. The predicted molar refractivity (Wildman–Crippen MR) is 63.6 cm³/mol. The Morgan fingerprint density at radius 1 is 1.24 bits per heavy atom. The minimum absolute atomic E-state index is 0.252. The van der Waals surface area contributed by atoms with Crippen LogP contribution >= 0.6 is 0 Å². The van der Waals surface area contributed by atoms with Crippen LogP contribution in [0.4, 0.5) is 4.39 Å². The third-order valence-corrected chi connectivity index (χ3v) is 2.92. The van der Waals surface area contributed by atoms with E-state index < -0.39 is 6.10 Å². The maximum absolute atomic E-state index is 12.6. The molecule has 1 aromatic rings. The van der Waals surface area contributed by atoms with Crippen molar-refractivity contribution in [3.05, 3.63) is 30.1 Å². The lowest BCUT2D eigenvalue weighted by Crippen LogP contribution is -2.33. The van der Waals surface area contributed by atoms with Crippen molar-refractivity contribution in [1.82, 2.24) is 4.90 Å². The molecule has 1 saturated heterocycles. The van der Waals surface area contributed by atoms with Gasteiger partial charge in [0, 0.05) is 6.54 Å². The van der Waals surface area contributed by atoms with Crippen LogP contribution in [0.25, 0.3) is 0 Å². The first kappa shape index (κ1) is 12.3. The zero-order valence-electron chi connectivity index (χ0n) is 9.81. The molecule has 0 spiro atoms. The van der Waals surface area contributed by atoms with E-state index in [0.717, 1.165) is 13.1 Å². The third kappa shape index (κ3) is 3.98. The number of β-amino-alcohol motifs (C(OH)–C–C–N with tert-alkyl or cyclic N) is 1. The zero-order valence-corrected chi connectivity index (χ0v) is 9.81. The quantitative estimate of drug-likeness (QED) is 0.848. The van der Waals surface area contributed by atoms with E-state index in [4.69, 9.17) is 4.74 Å². The number of hydrogen-bond acceptors (Lipinski definition) is 3. The van der Waals surface area contributed by atoms with E-state index in [1.165, 1.54) is 25.0 Å². The fourth-order valence-corrected chi connectivity index (χ4v) is 2.04. The van der Waals surface area contributed by atoms with E-state index in [1.54, 1.807) is 12.1 Å². The molecule has 2 rings (SSSR count). The summed E-state index contributed by atoms with van der Waals surface area (Å²) in [7, 11) is 0. The number of aliphatic hydroxyl groups is 1. The lowest BCUT2D eigenvalue weighted by molar-refractivity contribution is 0.0758. The van der Waals surface area contributed by atoms with Gasteiger partial charge in [0.25, 0.3) is 0 Å². The fraction of sp³-hybridized carbons (Fsp3) is 0.538. The SMILES string of the molecule is OC(COc1ccc(F)cc1)CN1CCCC1. The minimum atomic E-state index is -0.488. The molecule has 94 valence electrons. The van der Waals surface area contributed by atoms with Gasteiger partial charge in [-0.15, -0.1) is 0 Å². The average Bonchev–Trinajstić information content (AvgIpc) is 2.81. The lowest BCUT2D eigenvalue weighted by atomic mass is 10.3. The molecule has 0 amide bonds. The molecule has 17 heavy (non-hydrogen) atoms. The molecular formula is C13H18FNO2.